The topological polar surface area (TPSA) is 41.9 Å². The van der Waals surface area contributed by atoms with Crippen LogP contribution in [0.3, 0.4) is 0 Å². The molecule has 0 spiro atoms. The fourth-order valence-electron chi connectivity index (χ4n) is 4.03. The van der Waals surface area contributed by atoms with Gasteiger partial charge >= 0.3 is 8.53 Å². The van der Waals surface area contributed by atoms with E-state index in [1.54, 1.807) is 4.67 Å². The molecule has 0 aromatic heterocycles. The molecule has 0 amide bonds. The second-order valence-electron chi connectivity index (χ2n) is 8.35. The zero-order chi connectivity index (χ0) is 25.2. The van der Waals surface area contributed by atoms with Gasteiger partial charge < -0.3 is 14.2 Å². The summed E-state index contributed by atoms with van der Waals surface area (Å²) in [6.45, 7) is 3.19. The maximum atomic E-state index is 10.4. The van der Waals surface area contributed by atoms with E-state index >= 15 is 0 Å². The minimum atomic E-state index is -1.72. The molecule has 4 rings (SSSR count). The Bertz CT molecular complexity index is 1230. The lowest BCUT2D eigenvalue weighted by Gasteiger charge is -2.22. The molecule has 0 bridgehead atoms. The van der Waals surface area contributed by atoms with Crippen molar-refractivity contribution in [2.24, 2.45) is 0 Å². The van der Waals surface area contributed by atoms with Crippen LogP contribution >= 0.6 is 8.53 Å². The lowest BCUT2D eigenvalue weighted by Crippen LogP contribution is -2.21. The van der Waals surface area contributed by atoms with Gasteiger partial charge in [0.05, 0.1) is 0 Å². The van der Waals surface area contributed by atoms with Crippen molar-refractivity contribution in [1.29, 1.82) is 0 Å². The quantitative estimate of drug-likeness (QED) is 0.171. The molecular formula is C31H32NO3P. The van der Waals surface area contributed by atoms with Crippen molar-refractivity contribution in [3.63, 3.8) is 0 Å². The summed E-state index contributed by atoms with van der Waals surface area (Å²) in [7, 11) is 0.105. The Balaban J connectivity index is 1.45. The molecule has 4 aromatic rings. The molecule has 5 heteroatoms. The van der Waals surface area contributed by atoms with Crippen LogP contribution in [0.25, 0.3) is 11.1 Å². The number of likely N-dealkylation sites (N-methyl/N-ethyl adjacent to an activating group) is 1. The molecule has 1 N–H and O–H groups in total. The number of benzene rings is 4. The lowest BCUT2D eigenvalue weighted by molar-refractivity contribution is 0.274. The number of ether oxygens (including phenoxy) is 1. The van der Waals surface area contributed by atoms with E-state index in [1.165, 1.54) is 22.3 Å². The first-order chi connectivity index (χ1) is 17.7. The van der Waals surface area contributed by atoms with Gasteiger partial charge in [-0.3, -0.25) is 0 Å². The molecule has 1 unspecified atom stereocenters. The molecule has 0 heterocycles. The minimum Gasteiger partial charge on any atom is -0.492 e. The number of allylic oxidation sites excluding steroid dienone is 1. The van der Waals surface area contributed by atoms with E-state index in [-0.39, 0.29) is 0 Å². The van der Waals surface area contributed by atoms with E-state index in [2.05, 4.69) is 73.7 Å². The van der Waals surface area contributed by atoms with Crippen LogP contribution in [-0.4, -0.2) is 29.8 Å². The van der Waals surface area contributed by atoms with Crippen molar-refractivity contribution in [2.75, 3.05) is 20.2 Å². The molecule has 0 aliphatic heterocycles. The summed E-state index contributed by atoms with van der Waals surface area (Å²) in [5, 5.41) is 0. The Morgan fingerprint density at radius 3 is 1.81 bits per heavy atom. The lowest BCUT2D eigenvalue weighted by atomic mass is 9.88. The van der Waals surface area contributed by atoms with Gasteiger partial charge in [0.25, 0.3) is 0 Å². The Hall–Kier alpha value is -3.43. The zero-order valence-corrected chi connectivity index (χ0v) is 21.6. The van der Waals surface area contributed by atoms with Crippen molar-refractivity contribution < 1.29 is 14.2 Å². The Labute approximate surface area is 215 Å². The third kappa shape index (κ3) is 6.83. The number of hydrogen-bond acceptors (Lipinski definition) is 4. The highest BCUT2D eigenvalue weighted by molar-refractivity contribution is 7.43. The molecule has 0 saturated heterocycles. The van der Waals surface area contributed by atoms with Crippen LogP contribution < -0.4 is 9.26 Å². The molecule has 0 saturated carbocycles. The Kier molecular flexibility index (Phi) is 9.29. The molecule has 184 valence electrons. The van der Waals surface area contributed by atoms with Crippen LogP contribution in [-0.2, 0) is 0 Å². The smallest absolute Gasteiger partial charge is 0.318 e. The average Bonchev–Trinajstić information content (AvgIpc) is 2.93. The van der Waals surface area contributed by atoms with Crippen molar-refractivity contribution in [1.82, 2.24) is 4.67 Å². The molecule has 0 aliphatic carbocycles. The van der Waals surface area contributed by atoms with Gasteiger partial charge in [0.1, 0.15) is 18.1 Å². The first kappa shape index (κ1) is 25.7. The van der Waals surface area contributed by atoms with Crippen LogP contribution in [0, 0.1) is 0 Å². The molecule has 4 nitrogen and oxygen atoms in total. The van der Waals surface area contributed by atoms with Crippen LogP contribution in [0.15, 0.2) is 115 Å². The Morgan fingerprint density at radius 1 is 0.694 bits per heavy atom. The zero-order valence-electron chi connectivity index (χ0n) is 20.7. The second kappa shape index (κ2) is 13.0. The highest BCUT2D eigenvalue weighted by Gasteiger charge is 2.16. The van der Waals surface area contributed by atoms with Crippen LogP contribution in [0.5, 0.6) is 11.5 Å². The van der Waals surface area contributed by atoms with E-state index in [0.29, 0.717) is 18.9 Å². The number of nitrogens with zero attached hydrogens (tertiary/aromatic N) is 1. The van der Waals surface area contributed by atoms with Crippen molar-refractivity contribution in [3.05, 3.63) is 132 Å². The SMILES string of the molecule is CC/C(=C(\c1ccccc1)c1ccc(OCCN(C)P(O)Oc2ccccc2)cc1)c1ccccc1. The van der Waals surface area contributed by atoms with E-state index in [9.17, 15) is 4.89 Å². The molecule has 0 aliphatic rings. The van der Waals surface area contributed by atoms with Gasteiger partial charge in [-0.2, -0.15) is 0 Å². The van der Waals surface area contributed by atoms with Crippen LogP contribution in [0.2, 0.25) is 0 Å². The second-order valence-corrected chi connectivity index (χ2v) is 9.72. The summed E-state index contributed by atoms with van der Waals surface area (Å²) < 4.78 is 13.4. The first-order valence-corrected chi connectivity index (χ1v) is 13.3. The minimum absolute atomic E-state index is 0.443. The van der Waals surface area contributed by atoms with Gasteiger partial charge in [0.2, 0.25) is 0 Å². The summed E-state index contributed by atoms with van der Waals surface area (Å²) in [5.41, 5.74) is 6.14. The predicted molar refractivity (Wildman–Crippen MR) is 150 cm³/mol. The van der Waals surface area contributed by atoms with Crippen molar-refractivity contribution >= 4 is 19.7 Å². The van der Waals surface area contributed by atoms with Gasteiger partial charge in [-0.1, -0.05) is 97.9 Å². The highest BCUT2D eigenvalue weighted by atomic mass is 31.2. The molecule has 0 radical (unpaired) electrons. The standard InChI is InChI=1S/C31H32NO3P/c1-3-30(25-13-7-4-8-14-25)31(26-15-9-5-10-16-26)27-19-21-28(22-20-27)34-24-23-32(2)36(33)35-29-17-11-6-12-18-29/h4-22,33H,3,23-24H2,1-2H3/b31-30-. The van der Waals surface area contributed by atoms with Crippen molar-refractivity contribution in [2.45, 2.75) is 13.3 Å². The first-order valence-electron chi connectivity index (χ1n) is 12.2. The van der Waals surface area contributed by atoms with Gasteiger partial charge in [-0.15, -0.1) is 0 Å². The van der Waals surface area contributed by atoms with Crippen molar-refractivity contribution in [3.8, 4) is 11.5 Å². The van der Waals surface area contributed by atoms with E-state index < -0.39 is 8.53 Å². The molecule has 1 atom stereocenters. The average molecular weight is 498 g/mol. The number of rotatable bonds is 11. The summed E-state index contributed by atoms with van der Waals surface area (Å²) in [6, 6.07) is 38.7. The Morgan fingerprint density at radius 2 is 1.22 bits per heavy atom. The maximum absolute atomic E-state index is 10.4. The van der Waals surface area contributed by atoms with Crippen LogP contribution in [0.4, 0.5) is 0 Å². The summed E-state index contributed by atoms with van der Waals surface area (Å²) in [4.78, 5) is 10.4. The van der Waals surface area contributed by atoms with E-state index in [0.717, 1.165) is 17.7 Å². The molecule has 0 fully saturated rings. The molecular weight excluding hydrogens is 465 g/mol. The van der Waals surface area contributed by atoms with Gasteiger partial charge in [0.15, 0.2) is 0 Å². The molecule has 36 heavy (non-hydrogen) atoms. The fourth-order valence-corrected chi connectivity index (χ4v) is 4.73. The fraction of sp³-hybridized carbons (Fsp3) is 0.161. The predicted octanol–water partition coefficient (Wildman–Crippen LogP) is 7.66. The summed E-state index contributed by atoms with van der Waals surface area (Å²) in [5.74, 6) is 1.45. The normalized spacial score (nSPS) is 12.7. The number of hydrogen-bond donors (Lipinski definition) is 1. The van der Waals surface area contributed by atoms with Crippen LogP contribution in [0.1, 0.15) is 30.0 Å². The van der Waals surface area contributed by atoms with E-state index in [1.807, 2.05) is 55.6 Å². The summed E-state index contributed by atoms with van der Waals surface area (Å²) in [6.07, 6.45) is 0.925. The largest absolute Gasteiger partial charge is 0.492 e. The van der Waals surface area contributed by atoms with Gasteiger partial charge in [-0.05, 0) is 65.6 Å². The van der Waals surface area contributed by atoms with Gasteiger partial charge in [-0.25, -0.2) is 4.67 Å². The van der Waals surface area contributed by atoms with E-state index in [4.69, 9.17) is 9.26 Å². The third-order valence-electron chi connectivity index (χ3n) is 5.89. The third-order valence-corrected chi connectivity index (χ3v) is 7.05. The molecule has 4 aromatic carbocycles. The number of para-hydroxylation sites is 1. The van der Waals surface area contributed by atoms with Gasteiger partial charge in [0, 0.05) is 6.54 Å². The maximum Gasteiger partial charge on any atom is 0.318 e. The highest BCUT2D eigenvalue weighted by Crippen LogP contribution is 2.37. The monoisotopic (exact) mass is 497 g/mol. The summed E-state index contributed by atoms with van der Waals surface area (Å²) >= 11 is 0.